The van der Waals surface area contributed by atoms with E-state index in [1.54, 1.807) is 12.4 Å². The first kappa shape index (κ1) is 21.1. The van der Waals surface area contributed by atoms with Crippen LogP contribution in [0.1, 0.15) is 39.0 Å². The number of ether oxygens (including phenoxy) is 3. The van der Waals surface area contributed by atoms with Crippen LogP contribution >= 0.6 is 0 Å². The smallest absolute Gasteiger partial charge is 0.159 e. The molecule has 0 atom stereocenters. The average molecular weight is 374 g/mol. The Labute approximate surface area is 161 Å². The summed E-state index contributed by atoms with van der Waals surface area (Å²) in [6.45, 7) is 5.16. The average Bonchev–Trinajstić information content (AvgIpc) is 2.71. The number of aliphatic hydroxyl groups excluding tert-OH is 1. The Balaban J connectivity index is 1.72. The molecule has 0 radical (unpaired) electrons. The molecule has 148 valence electrons. The van der Waals surface area contributed by atoms with E-state index in [0.717, 1.165) is 56.6 Å². The predicted octanol–water partition coefficient (Wildman–Crippen LogP) is 3.88. The fraction of sp³-hybridized carbons (Fsp3) is 0.524. The zero-order valence-corrected chi connectivity index (χ0v) is 16.1. The minimum Gasteiger partial charge on any atom is -0.494 e. The highest BCUT2D eigenvalue weighted by atomic mass is 16.5. The summed E-state index contributed by atoms with van der Waals surface area (Å²) in [6.07, 6.45) is 8.01. The summed E-state index contributed by atoms with van der Waals surface area (Å²) < 4.78 is 16.7. The first-order valence-corrected chi connectivity index (χ1v) is 9.70. The number of benzene rings is 1. The van der Waals surface area contributed by atoms with Gasteiger partial charge in [-0.15, -0.1) is 0 Å². The summed E-state index contributed by atoms with van der Waals surface area (Å²) in [6, 6.07) is 7.69. The van der Waals surface area contributed by atoms with Crippen LogP contribution in [-0.2, 0) is 4.74 Å². The second kappa shape index (κ2) is 13.1. The Kier molecular flexibility index (Phi) is 10.2. The van der Waals surface area contributed by atoms with Crippen molar-refractivity contribution in [1.82, 2.24) is 9.97 Å². The van der Waals surface area contributed by atoms with Crippen molar-refractivity contribution in [2.75, 3.05) is 33.0 Å². The van der Waals surface area contributed by atoms with Gasteiger partial charge in [0.05, 0.1) is 25.6 Å². The normalized spacial score (nSPS) is 10.7. The molecule has 1 aromatic heterocycles. The van der Waals surface area contributed by atoms with Crippen molar-refractivity contribution in [3.8, 4) is 22.9 Å². The van der Waals surface area contributed by atoms with Crippen LogP contribution < -0.4 is 9.47 Å². The van der Waals surface area contributed by atoms with Crippen molar-refractivity contribution >= 4 is 0 Å². The van der Waals surface area contributed by atoms with Gasteiger partial charge in [-0.25, -0.2) is 9.97 Å². The van der Waals surface area contributed by atoms with E-state index in [-0.39, 0.29) is 6.61 Å². The van der Waals surface area contributed by atoms with Crippen molar-refractivity contribution in [1.29, 1.82) is 0 Å². The predicted molar refractivity (Wildman–Crippen MR) is 105 cm³/mol. The molecule has 6 heteroatoms. The van der Waals surface area contributed by atoms with Gasteiger partial charge in [0.2, 0.25) is 0 Å². The van der Waals surface area contributed by atoms with E-state index in [4.69, 9.17) is 19.3 Å². The maximum absolute atomic E-state index is 8.76. The number of aliphatic hydroxyl groups is 1. The zero-order chi connectivity index (χ0) is 19.2. The maximum atomic E-state index is 8.76. The molecule has 0 bridgehead atoms. The molecule has 2 rings (SSSR count). The summed E-state index contributed by atoms with van der Waals surface area (Å²) in [5.41, 5.74) is 0.928. The molecule has 1 aromatic carbocycles. The van der Waals surface area contributed by atoms with Crippen LogP contribution in [0.15, 0.2) is 36.7 Å². The van der Waals surface area contributed by atoms with Crippen LogP contribution in [0.25, 0.3) is 11.4 Å². The molecule has 0 aliphatic carbocycles. The molecule has 6 nitrogen and oxygen atoms in total. The molecule has 0 aliphatic heterocycles. The minimum absolute atomic E-state index is 0.201. The molecule has 0 spiro atoms. The van der Waals surface area contributed by atoms with Gasteiger partial charge in [0, 0.05) is 25.4 Å². The van der Waals surface area contributed by atoms with Crippen LogP contribution in [0.3, 0.4) is 0 Å². The Morgan fingerprint density at radius 1 is 0.778 bits per heavy atom. The number of unbranched alkanes of at least 4 members (excludes halogenated alkanes) is 2. The maximum Gasteiger partial charge on any atom is 0.159 e. The summed E-state index contributed by atoms with van der Waals surface area (Å²) in [4.78, 5) is 8.75. The second-order valence-corrected chi connectivity index (χ2v) is 6.21. The molecule has 0 amide bonds. The van der Waals surface area contributed by atoms with Crippen LogP contribution in [-0.4, -0.2) is 48.1 Å². The van der Waals surface area contributed by atoms with E-state index in [1.165, 1.54) is 0 Å². The van der Waals surface area contributed by atoms with E-state index in [9.17, 15) is 0 Å². The molecular formula is C21H30N2O4. The summed E-state index contributed by atoms with van der Waals surface area (Å²) in [5, 5.41) is 8.76. The third-order valence-electron chi connectivity index (χ3n) is 3.86. The lowest BCUT2D eigenvalue weighted by Gasteiger charge is -2.08. The van der Waals surface area contributed by atoms with Crippen LogP contribution in [0, 0.1) is 0 Å². The van der Waals surface area contributed by atoms with E-state index in [0.29, 0.717) is 24.8 Å². The van der Waals surface area contributed by atoms with Gasteiger partial charge in [-0.1, -0.05) is 6.92 Å². The highest BCUT2D eigenvalue weighted by molar-refractivity contribution is 5.56. The molecule has 1 N–H and O–H groups in total. The van der Waals surface area contributed by atoms with E-state index in [2.05, 4.69) is 16.9 Å². The van der Waals surface area contributed by atoms with Crippen molar-refractivity contribution in [3.63, 3.8) is 0 Å². The van der Waals surface area contributed by atoms with Gasteiger partial charge in [0.1, 0.15) is 5.75 Å². The lowest BCUT2D eigenvalue weighted by Crippen LogP contribution is -2.02. The number of aromatic nitrogens is 2. The number of nitrogens with zero attached hydrogens (tertiary/aromatic N) is 2. The Morgan fingerprint density at radius 3 is 2.07 bits per heavy atom. The highest BCUT2D eigenvalue weighted by Crippen LogP contribution is 2.20. The lowest BCUT2D eigenvalue weighted by atomic mass is 10.2. The van der Waals surface area contributed by atoms with Gasteiger partial charge < -0.3 is 19.3 Å². The van der Waals surface area contributed by atoms with E-state index >= 15 is 0 Å². The number of hydrogen-bond acceptors (Lipinski definition) is 6. The quantitative estimate of drug-likeness (QED) is 0.506. The Bertz CT molecular complexity index is 617. The third kappa shape index (κ3) is 8.37. The van der Waals surface area contributed by atoms with Crippen molar-refractivity contribution in [3.05, 3.63) is 36.7 Å². The van der Waals surface area contributed by atoms with Gasteiger partial charge in [-0.3, -0.25) is 0 Å². The van der Waals surface area contributed by atoms with Gasteiger partial charge in [0.25, 0.3) is 0 Å². The van der Waals surface area contributed by atoms with E-state index in [1.807, 2.05) is 24.3 Å². The van der Waals surface area contributed by atoms with Crippen molar-refractivity contribution < 1.29 is 19.3 Å². The summed E-state index contributed by atoms with van der Waals surface area (Å²) in [5.74, 6) is 2.14. The Morgan fingerprint density at radius 2 is 1.41 bits per heavy atom. The Hall–Kier alpha value is -2.18. The molecular weight excluding hydrogens is 344 g/mol. The second-order valence-electron chi connectivity index (χ2n) is 6.21. The fourth-order valence-electron chi connectivity index (χ4n) is 2.39. The molecule has 2 aromatic rings. The molecule has 27 heavy (non-hydrogen) atoms. The summed E-state index contributed by atoms with van der Waals surface area (Å²) >= 11 is 0. The lowest BCUT2D eigenvalue weighted by molar-refractivity contribution is 0.127. The largest absolute Gasteiger partial charge is 0.494 e. The van der Waals surface area contributed by atoms with Crippen LogP contribution in [0.5, 0.6) is 11.5 Å². The van der Waals surface area contributed by atoms with Crippen molar-refractivity contribution in [2.24, 2.45) is 0 Å². The molecule has 0 fully saturated rings. The highest BCUT2D eigenvalue weighted by Gasteiger charge is 2.03. The molecule has 0 saturated heterocycles. The van der Waals surface area contributed by atoms with E-state index < -0.39 is 0 Å². The van der Waals surface area contributed by atoms with Gasteiger partial charge in [0.15, 0.2) is 11.6 Å². The SMILES string of the molecule is CCCOCCCCOc1cnc(-c2ccc(OCCCCO)cc2)nc1. The van der Waals surface area contributed by atoms with Crippen LogP contribution in [0.4, 0.5) is 0 Å². The number of hydrogen-bond donors (Lipinski definition) is 1. The van der Waals surface area contributed by atoms with Crippen LogP contribution in [0.2, 0.25) is 0 Å². The molecule has 0 saturated carbocycles. The number of rotatable bonds is 14. The standard InChI is InChI=1S/C21H30N2O4/c1-2-12-25-13-5-6-15-27-20-16-22-21(23-17-20)18-7-9-19(10-8-18)26-14-4-3-11-24/h7-10,16-17,24H,2-6,11-15H2,1H3. The zero-order valence-electron chi connectivity index (χ0n) is 16.1. The first-order valence-electron chi connectivity index (χ1n) is 9.70. The van der Waals surface area contributed by atoms with Gasteiger partial charge >= 0.3 is 0 Å². The monoisotopic (exact) mass is 374 g/mol. The molecule has 0 unspecified atom stereocenters. The fourth-order valence-corrected chi connectivity index (χ4v) is 2.39. The topological polar surface area (TPSA) is 73.7 Å². The third-order valence-corrected chi connectivity index (χ3v) is 3.86. The molecule has 1 heterocycles. The van der Waals surface area contributed by atoms with Gasteiger partial charge in [-0.2, -0.15) is 0 Å². The van der Waals surface area contributed by atoms with Crippen molar-refractivity contribution in [2.45, 2.75) is 39.0 Å². The minimum atomic E-state index is 0.201. The molecule has 0 aliphatic rings. The first-order chi connectivity index (χ1) is 13.3. The summed E-state index contributed by atoms with van der Waals surface area (Å²) in [7, 11) is 0. The van der Waals surface area contributed by atoms with Gasteiger partial charge in [-0.05, 0) is 56.4 Å².